The van der Waals surface area contributed by atoms with E-state index in [0.29, 0.717) is 5.69 Å². The Labute approximate surface area is 90.7 Å². The maximum absolute atomic E-state index is 11.4. The highest BCUT2D eigenvalue weighted by molar-refractivity contribution is 8.01. The van der Waals surface area contributed by atoms with Gasteiger partial charge in [0.15, 0.2) is 0 Å². The summed E-state index contributed by atoms with van der Waals surface area (Å²) in [5.41, 5.74) is 0.554. The Kier molecular flexibility index (Phi) is 2.40. The molecule has 0 aromatic heterocycles. The monoisotopic (exact) mass is 223 g/mol. The van der Waals surface area contributed by atoms with Crippen LogP contribution in [0.2, 0.25) is 0 Å². The van der Waals surface area contributed by atoms with Crippen molar-refractivity contribution in [3.63, 3.8) is 0 Å². The van der Waals surface area contributed by atoms with Crippen LogP contribution in [-0.4, -0.2) is 22.2 Å². The normalized spacial score (nSPS) is 19.3. The van der Waals surface area contributed by atoms with Gasteiger partial charge in [-0.1, -0.05) is 6.07 Å². The number of para-hydroxylation sites is 1. The van der Waals surface area contributed by atoms with Crippen LogP contribution >= 0.6 is 11.8 Å². The third-order valence-electron chi connectivity index (χ3n) is 2.18. The minimum Gasteiger partial charge on any atom is -0.478 e. The third-order valence-corrected chi connectivity index (χ3v) is 3.34. The molecule has 1 heterocycles. The molecule has 4 nitrogen and oxygen atoms in total. The van der Waals surface area contributed by atoms with Crippen LogP contribution < -0.4 is 5.32 Å². The average molecular weight is 223 g/mol. The molecule has 2 rings (SSSR count). The van der Waals surface area contributed by atoms with Crippen LogP contribution in [0.1, 0.15) is 17.3 Å². The molecule has 1 atom stereocenters. The van der Waals surface area contributed by atoms with E-state index in [1.54, 1.807) is 13.0 Å². The summed E-state index contributed by atoms with van der Waals surface area (Å²) in [7, 11) is 0. The maximum atomic E-state index is 11.4. The second-order valence-corrected chi connectivity index (χ2v) is 4.62. The molecule has 0 saturated heterocycles. The van der Waals surface area contributed by atoms with Gasteiger partial charge in [0.1, 0.15) is 0 Å². The number of anilines is 1. The number of carbonyl (C=O) groups excluding carboxylic acids is 1. The molecule has 1 aliphatic heterocycles. The minimum absolute atomic E-state index is 0.139. The van der Waals surface area contributed by atoms with Gasteiger partial charge < -0.3 is 10.4 Å². The summed E-state index contributed by atoms with van der Waals surface area (Å²) in [5, 5.41) is 11.4. The second kappa shape index (κ2) is 3.58. The third kappa shape index (κ3) is 1.70. The van der Waals surface area contributed by atoms with Crippen molar-refractivity contribution in [2.45, 2.75) is 17.1 Å². The lowest BCUT2D eigenvalue weighted by Gasteiger charge is -2.22. The molecular weight excluding hydrogens is 214 g/mol. The number of carbonyl (C=O) groups is 2. The minimum atomic E-state index is -1.03. The number of nitrogens with one attached hydrogen (secondary N) is 1. The number of fused-ring (bicyclic) bond motifs is 1. The molecule has 1 aromatic carbocycles. The molecule has 0 saturated carbocycles. The molecule has 0 radical (unpaired) electrons. The molecule has 0 bridgehead atoms. The van der Waals surface area contributed by atoms with Gasteiger partial charge in [-0.2, -0.15) is 0 Å². The lowest BCUT2D eigenvalue weighted by molar-refractivity contribution is -0.115. The number of amides is 1. The van der Waals surface area contributed by atoms with Crippen LogP contribution in [0, 0.1) is 0 Å². The fourth-order valence-corrected chi connectivity index (χ4v) is 2.39. The number of thioether (sulfide) groups is 1. The van der Waals surface area contributed by atoms with Crippen molar-refractivity contribution in [1.82, 2.24) is 0 Å². The average Bonchev–Trinajstić information content (AvgIpc) is 2.18. The summed E-state index contributed by atoms with van der Waals surface area (Å²) in [6, 6.07) is 4.97. The summed E-state index contributed by atoms with van der Waals surface area (Å²) in [5.74, 6) is -1.18. The Morgan fingerprint density at radius 1 is 1.53 bits per heavy atom. The van der Waals surface area contributed by atoms with Crippen LogP contribution in [0.15, 0.2) is 23.1 Å². The maximum Gasteiger partial charge on any atom is 0.337 e. The first-order chi connectivity index (χ1) is 7.09. The van der Waals surface area contributed by atoms with Gasteiger partial charge in [0.2, 0.25) is 5.91 Å². The van der Waals surface area contributed by atoms with Gasteiger partial charge in [0.25, 0.3) is 0 Å². The molecule has 0 aliphatic carbocycles. The molecule has 1 amide bonds. The van der Waals surface area contributed by atoms with Gasteiger partial charge >= 0.3 is 5.97 Å². The Hall–Kier alpha value is -1.49. The molecule has 0 spiro atoms. The molecule has 1 aliphatic rings. The van der Waals surface area contributed by atoms with Crippen LogP contribution in [0.25, 0.3) is 0 Å². The van der Waals surface area contributed by atoms with Gasteiger partial charge in [-0.25, -0.2) is 4.79 Å². The topological polar surface area (TPSA) is 66.4 Å². The van der Waals surface area contributed by atoms with E-state index in [4.69, 9.17) is 5.11 Å². The smallest absolute Gasteiger partial charge is 0.337 e. The number of carboxylic acids is 1. The van der Waals surface area contributed by atoms with E-state index in [1.165, 1.54) is 17.8 Å². The number of benzene rings is 1. The molecule has 78 valence electrons. The number of hydrogen-bond donors (Lipinski definition) is 2. The molecule has 1 unspecified atom stereocenters. The van der Waals surface area contributed by atoms with Gasteiger partial charge in [-0.15, -0.1) is 11.8 Å². The molecule has 5 heteroatoms. The Balaban J connectivity index is 2.52. The summed E-state index contributed by atoms with van der Waals surface area (Å²) >= 11 is 1.38. The van der Waals surface area contributed by atoms with Crippen molar-refractivity contribution in [2.75, 3.05) is 5.32 Å². The highest BCUT2D eigenvalue weighted by Crippen LogP contribution is 2.37. The predicted octanol–water partition coefficient (Wildman–Crippen LogP) is 1.82. The van der Waals surface area contributed by atoms with E-state index in [2.05, 4.69) is 5.32 Å². The van der Waals surface area contributed by atoms with Crippen molar-refractivity contribution < 1.29 is 14.7 Å². The van der Waals surface area contributed by atoms with E-state index in [9.17, 15) is 9.59 Å². The fraction of sp³-hybridized carbons (Fsp3) is 0.200. The zero-order valence-corrected chi connectivity index (χ0v) is 8.80. The zero-order valence-electron chi connectivity index (χ0n) is 7.98. The quantitative estimate of drug-likeness (QED) is 0.762. The number of rotatable bonds is 1. The van der Waals surface area contributed by atoms with Crippen molar-refractivity contribution in [1.29, 1.82) is 0 Å². The first kappa shape index (κ1) is 10.0. The summed E-state index contributed by atoms with van der Waals surface area (Å²) in [6.45, 7) is 1.79. The first-order valence-corrected chi connectivity index (χ1v) is 5.31. The van der Waals surface area contributed by atoms with Gasteiger partial charge in [0.05, 0.1) is 16.5 Å². The zero-order chi connectivity index (χ0) is 11.0. The SMILES string of the molecule is CC1Sc2cccc(C(=O)O)c2NC1=O. The molecule has 2 N–H and O–H groups in total. The molecule has 15 heavy (non-hydrogen) atoms. The number of aromatic carboxylic acids is 1. The molecule has 1 aromatic rings. The Bertz CT molecular complexity index is 444. The van der Waals surface area contributed by atoms with Gasteiger partial charge in [0, 0.05) is 4.90 Å². The van der Waals surface area contributed by atoms with Gasteiger partial charge in [-0.05, 0) is 19.1 Å². The number of hydrogen-bond acceptors (Lipinski definition) is 3. The highest BCUT2D eigenvalue weighted by atomic mass is 32.2. The first-order valence-electron chi connectivity index (χ1n) is 4.43. The molecule has 0 fully saturated rings. The summed E-state index contributed by atoms with van der Waals surface area (Å²) in [6.07, 6.45) is 0. The lowest BCUT2D eigenvalue weighted by atomic mass is 10.1. The Morgan fingerprint density at radius 2 is 2.27 bits per heavy atom. The lowest BCUT2D eigenvalue weighted by Crippen LogP contribution is -2.27. The predicted molar refractivity (Wildman–Crippen MR) is 57.4 cm³/mol. The van der Waals surface area contributed by atoms with Crippen LogP contribution in [0.3, 0.4) is 0 Å². The molecular formula is C10H9NO3S. The standard InChI is InChI=1S/C10H9NO3S/c1-5-9(12)11-8-6(10(13)14)3-2-4-7(8)15-5/h2-5H,1H3,(H,11,12)(H,13,14). The summed E-state index contributed by atoms with van der Waals surface area (Å²) in [4.78, 5) is 23.1. The largest absolute Gasteiger partial charge is 0.478 e. The Morgan fingerprint density at radius 3 is 2.93 bits per heavy atom. The van der Waals surface area contributed by atoms with Crippen molar-refractivity contribution in [2.24, 2.45) is 0 Å². The van der Waals surface area contributed by atoms with Crippen molar-refractivity contribution in [3.8, 4) is 0 Å². The second-order valence-electron chi connectivity index (χ2n) is 3.23. The van der Waals surface area contributed by atoms with E-state index < -0.39 is 5.97 Å². The summed E-state index contributed by atoms with van der Waals surface area (Å²) < 4.78 is 0. The van der Waals surface area contributed by atoms with Gasteiger partial charge in [-0.3, -0.25) is 4.79 Å². The van der Waals surface area contributed by atoms with Crippen LogP contribution in [0.5, 0.6) is 0 Å². The van der Waals surface area contributed by atoms with Crippen LogP contribution in [0.4, 0.5) is 5.69 Å². The van der Waals surface area contributed by atoms with E-state index in [0.717, 1.165) is 4.90 Å². The van der Waals surface area contributed by atoms with Crippen LogP contribution in [-0.2, 0) is 4.79 Å². The van der Waals surface area contributed by atoms with E-state index >= 15 is 0 Å². The van der Waals surface area contributed by atoms with E-state index in [1.807, 2.05) is 6.07 Å². The highest BCUT2D eigenvalue weighted by Gasteiger charge is 2.26. The van der Waals surface area contributed by atoms with Crippen molar-refractivity contribution >= 4 is 29.3 Å². The van der Waals surface area contributed by atoms with Crippen molar-refractivity contribution in [3.05, 3.63) is 23.8 Å². The fourth-order valence-electron chi connectivity index (χ4n) is 1.41. The van der Waals surface area contributed by atoms with E-state index in [-0.39, 0.29) is 16.7 Å². The number of carboxylic acid groups (broad SMARTS) is 1.